The lowest BCUT2D eigenvalue weighted by molar-refractivity contribution is 0.0517. The summed E-state index contributed by atoms with van der Waals surface area (Å²) in [4.78, 5) is 15.5. The third-order valence-corrected chi connectivity index (χ3v) is 9.06. The standard InChI is InChI=1S/C32H37N3O4S/c1-4-34(25-12-7-6-8-13-25)30-20-17-26(22-28(30)33-40(37,38)27-18-15-23(3)16-19-27)35-29-14-10-9-11-24(29)21-31(35)32(36)39-5-2/h9-11,14-22,25,33H,4-8,12-13H2,1-3H3. The Labute approximate surface area is 236 Å². The second kappa shape index (κ2) is 11.8. The molecule has 1 aliphatic carbocycles. The van der Waals surface area contributed by atoms with Crippen molar-refractivity contribution in [2.45, 2.75) is 63.8 Å². The molecule has 0 radical (unpaired) electrons. The maximum Gasteiger partial charge on any atom is 0.355 e. The summed E-state index contributed by atoms with van der Waals surface area (Å²) in [7, 11) is -3.87. The number of hydrogen-bond acceptors (Lipinski definition) is 5. The van der Waals surface area contributed by atoms with Gasteiger partial charge in [-0.1, -0.05) is 55.2 Å². The first-order valence-corrected chi connectivity index (χ1v) is 15.6. The molecule has 0 unspecified atom stereocenters. The largest absolute Gasteiger partial charge is 0.461 e. The Kier molecular flexibility index (Phi) is 8.17. The molecule has 0 atom stereocenters. The molecule has 5 rings (SSSR count). The van der Waals surface area contributed by atoms with Crippen molar-refractivity contribution in [1.82, 2.24) is 4.57 Å². The maximum atomic E-state index is 13.6. The van der Waals surface area contributed by atoms with Crippen molar-refractivity contribution in [3.63, 3.8) is 0 Å². The predicted molar refractivity (Wildman–Crippen MR) is 161 cm³/mol. The fraction of sp³-hybridized carbons (Fsp3) is 0.344. The number of nitrogens with one attached hydrogen (secondary N) is 1. The summed E-state index contributed by atoms with van der Waals surface area (Å²) in [5.74, 6) is -0.429. The lowest BCUT2D eigenvalue weighted by Gasteiger charge is -2.36. The first-order chi connectivity index (χ1) is 19.3. The number of nitrogens with zero attached hydrogens (tertiary/aromatic N) is 2. The molecule has 3 aromatic carbocycles. The number of esters is 1. The number of sulfonamides is 1. The van der Waals surface area contributed by atoms with Gasteiger partial charge in [0.25, 0.3) is 10.0 Å². The molecular formula is C32H37N3O4S. The molecule has 8 heteroatoms. The van der Waals surface area contributed by atoms with E-state index in [0.29, 0.717) is 23.1 Å². The first kappa shape index (κ1) is 27.8. The van der Waals surface area contributed by atoms with E-state index in [1.165, 1.54) is 19.3 Å². The second-order valence-electron chi connectivity index (χ2n) is 10.3. The monoisotopic (exact) mass is 559 g/mol. The zero-order valence-corrected chi connectivity index (χ0v) is 24.2. The topological polar surface area (TPSA) is 80.6 Å². The minimum atomic E-state index is -3.87. The van der Waals surface area contributed by atoms with Crippen molar-refractivity contribution in [2.75, 3.05) is 22.8 Å². The van der Waals surface area contributed by atoms with Gasteiger partial charge < -0.3 is 14.2 Å². The van der Waals surface area contributed by atoms with Gasteiger partial charge in [-0.05, 0) is 76.1 Å². The summed E-state index contributed by atoms with van der Waals surface area (Å²) in [5, 5.41) is 0.897. The van der Waals surface area contributed by atoms with Crippen LogP contribution in [0.5, 0.6) is 0 Å². The molecule has 1 N–H and O–H groups in total. The van der Waals surface area contributed by atoms with Gasteiger partial charge in [-0.2, -0.15) is 0 Å². The van der Waals surface area contributed by atoms with Gasteiger partial charge in [-0.25, -0.2) is 13.2 Å². The lowest BCUT2D eigenvalue weighted by Crippen LogP contribution is -2.37. The van der Waals surface area contributed by atoms with Gasteiger partial charge in [0.15, 0.2) is 0 Å². The average molecular weight is 560 g/mol. The fourth-order valence-electron chi connectivity index (χ4n) is 5.72. The number of carbonyl (C=O) groups excluding carboxylic acids is 1. The molecule has 40 heavy (non-hydrogen) atoms. The van der Waals surface area contributed by atoms with E-state index in [2.05, 4.69) is 16.5 Å². The van der Waals surface area contributed by atoms with E-state index in [1.54, 1.807) is 31.2 Å². The second-order valence-corrected chi connectivity index (χ2v) is 12.0. The van der Waals surface area contributed by atoms with E-state index in [-0.39, 0.29) is 11.5 Å². The number of para-hydroxylation sites is 1. The van der Waals surface area contributed by atoms with Gasteiger partial charge in [0.05, 0.1) is 28.4 Å². The van der Waals surface area contributed by atoms with E-state index in [1.807, 2.05) is 60.0 Å². The highest BCUT2D eigenvalue weighted by Gasteiger charge is 2.26. The SMILES string of the molecule is CCOC(=O)c1cc2ccccc2n1-c1ccc(N(CC)C2CCCCC2)c(NS(=O)(=O)c2ccc(C)cc2)c1. The van der Waals surface area contributed by atoms with Gasteiger partial charge in [0.2, 0.25) is 0 Å². The van der Waals surface area contributed by atoms with Crippen molar-refractivity contribution in [2.24, 2.45) is 0 Å². The molecule has 7 nitrogen and oxygen atoms in total. The van der Waals surface area contributed by atoms with Crippen LogP contribution in [0.1, 0.15) is 62.0 Å². The number of rotatable bonds is 9. The van der Waals surface area contributed by atoms with Crippen LogP contribution in [0.2, 0.25) is 0 Å². The smallest absolute Gasteiger partial charge is 0.355 e. The van der Waals surface area contributed by atoms with Crippen molar-refractivity contribution in [3.8, 4) is 5.69 Å². The van der Waals surface area contributed by atoms with E-state index < -0.39 is 16.0 Å². The number of ether oxygens (including phenoxy) is 1. The first-order valence-electron chi connectivity index (χ1n) is 14.1. The third kappa shape index (κ3) is 5.59. The number of aryl methyl sites for hydroxylation is 1. The minimum absolute atomic E-state index is 0.203. The molecule has 1 fully saturated rings. The molecule has 0 bridgehead atoms. The Morgan fingerprint density at radius 1 is 0.975 bits per heavy atom. The third-order valence-electron chi connectivity index (χ3n) is 7.67. The van der Waals surface area contributed by atoms with Crippen molar-refractivity contribution in [3.05, 3.63) is 84.1 Å². The zero-order chi connectivity index (χ0) is 28.3. The zero-order valence-electron chi connectivity index (χ0n) is 23.4. The summed E-state index contributed by atoms with van der Waals surface area (Å²) in [6.07, 6.45) is 5.73. The predicted octanol–water partition coefficient (Wildman–Crippen LogP) is 7.08. The number of hydrogen-bond donors (Lipinski definition) is 1. The number of anilines is 2. The normalized spacial score (nSPS) is 14.3. The van der Waals surface area contributed by atoms with E-state index in [4.69, 9.17) is 4.74 Å². The molecule has 0 amide bonds. The summed E-state index contributed by atoms with van der Waals surface area (Å²) in [5.41, 5.74) is 4.21. The van der Waals surface area contributed by atoms with Crippen LogP contribution >= 0.6 is 0 Å². The molecule has 0 aliphatic heterocycles. The summed E-state index contributed by atoms with van der Waals surface area (Å²) >= 11 is 0. The molecule has 1 heterocycles. The molecule has 0 saturated heterocycles. The fourth-order valence-corrected chi connectivity index (χ4v) is 6.79. The number of aromatic nitrogens is 1. The Morgan fingerprint density at radius 2 is 1.70 bits per heavy atom. The van der Waals surface area contributed by atoms with Crippen LogP contribution in [0.3, 0.4) is 0 Å². The van der Waals surface area contributed by atoms with Crippen LogP contribution in [0.15, 0.2) is 77.7 Å². The van der Waals surface area contributed by atoms with Gasteiger partial charge >= 0.3 is 5.97 Å². The van der Waals surface area contributed by atoms with Gasteiger partial charge in [-0.15, -0.1) is 0 Å². The van der Waals surface area contributed by atoms with E-state index >= 15 is 0 Å². The number of fused-ring (bicyclic) bond motifs is 1. The molecule has 1 aliphatic rings. The Morgan fingerprint density at radius 3 is 2.40 bits per heavy atom. The molecule has 4 aromatic rings. The lowest BCUT2D eigenvalue weighted by atomic mass is 9.93. The van der Waals surface area contributed by atoms with Crippen molar-refractivity contribution in [1.29, 1.82) is 0 Å². The molecule has 0 spiro atoms. The van der Waals surface area contributed by atoms with Crippen LogP contribution in [0.4, 0.5) is 11.4 Å². The summed E-state index contributed by atoms with van der Waals surface area (Å²) < 4.78 is 37.3. The molecule has 1 aromatic heterocycles. The van der Waals surface area contributed by atoms with Gasteiger partial charge in [0, 0.05) is 23.7 Å². The minimum Gasteiger partial charge on any atom is -0.461 e. The van der Waals surface area contributed by atoms with E-state index in [0.717, 1.165) is 41.5 Å². The molecule has 1 saturated carbocycles. The Bertz CT molecular complexity index is 1600. The van der Waals surface area contributed by atoms with E-state index in [9.17, 15) is 13.2 Å². The number of benzene rings is 3. The van der Waals surface area contributed by atoms with Crippen LogP contribution < -0.4 is 9.62 Å². The highest BCUT2D eigenvalue weighted by atomic mass is 32.2. The maximum absolute atomic E-state index is 13.6. The van der Waals surface area contributed by atoms with Gasteiger partial charge in [0.1, 0.15) is 5.69 Å². The summed E-state index contributed by atoms with van der Waals surface area (Å²) in [6, 6.07) is 22.5. The molecular weight excluding hydrogens is 522 g/mol. The average Bonchev–Trinajstić information content (AvgIpc) is 3.35. The van der Waals surface area contributed by atoms with Crippen molar-refractivity contribution >= 4 is 38.3 Å². The van der Waals surface area contributed by atoms with Gasteiger partial charge in [-0.3, -0.25) is 4.72 Å². The van der Waals surface area contributed by atoms with Crippen molar-refractivity contribution < 1.29 is 17.9 Å². The van der Waals surface area contributed by atoms with Crippen LogP contribution in [0.25, 0.3) is 16.6 Å². The highest BCUT2D eigenvalue weighted by molar-refractivity contribution is 7.92. The number of carbonyl (C=O) groups is 1. The highest BCUT2D eigenvalue weighted by Crippen LogP contribution is 2.36. The van der Waals surface area contributed by atoms with Crippen LogP contribution in [-0.4, -0.2) is 38.1 Å². The Balaban J connectivity index is 1.67. The van der Waals surface area contributed by atoms with Crippen LogP contribution in [-0.2, 0) is 14.8 Å². The quantitative estimate of drug-likeness (QED) is 0.222. The summed E-state index contributed by atoms with van der Waals surface area (Å²) in [6.45, 7) is 6.83. The Hall–Kier alpha value is -3.78. The molecule has 210 valence electrons. The van der Waals surface area contributed by atoms with Crippen LogP contribution in [0, 0.1) is 6.92 Å².